The molecule has 0 bridgehead atoms. The van der Waals surface area contributed by atoms with E-state index < -0.39 is 10.0 Å². The number of benzene rings is 1. The second-order valence-corrected chi connectivity index (χ2v) is 8.55. The minimum absolute atomic E-state index is 0.106. The highest BCUT2D eigenvalue weighted by atomic mass is 32.2. The van der Waals surface area contributed by atoms with E-state index in [2.05, 4.69) is 32.4 Å². The Hall–Kier alpha value is -1.07. The first kappa shape index (κ1) is 18.0. The van der Waals surface area contributed by atoms with Gasteiger partial charge in [-0.2, -0.15) is 0 Å². The molecule has 0 atom stereocenters. The lowest BCUT2D eigenvalue weighted by Crippen LogP contribution is -2.37. The quantitative estimate of drug-likeness (QED) is 0.820. The zero-order chi connectivity index (χ0) is 16.6. The first-order valence-electron chi connectivity index (χ1n) is 7.26. The Morgan fingerprint density at radius 1 is 1.19 bits per heavy atom. The summed E-state index contributed by atoms with van der Waals surface area (Å²) in [6, 6.07) is 1.82. The third-order valence-corrected chi connectivity index (χ3v) is 6.20. The summed E-state index contributed by atoms with van der Waals surface area (Å²) in [6.07, 6.45) is 0. The van der Waals surface area contributed by atoms with Gasteiger partial charge in [-0.25, -0.2) is 13.1 Å². The molecule has 1 aromatic rings. The molecular weight excluding hydrogens is 284 g/mol. The van der Waals surface area contributed by atoms with E-state index in [1.807, 2.05) is 19.9 Å². The molecule has 0 aliphatic carbocycles. The molecule has 0 aliphatic rings. The van der Waals surface area contributed by atoms with Gasteiger partial charge in [0, 0.05) is 12.2 Å². The fourth-order valence-electron chi connectivity index (χ4n) is 2.15. The highest BCUT2D eigenvalue weighted by Crippen LogP contribution is 2.29. The molecule has 0 heterocycles. The summed E-state index contributed by atoms with van der Waals surface area (Å²) in [5.41, 5.74) is 8.69. The Bertz CT molecular complexity index is 632. The van der Waals surface area contributed by atoms with Gasteiger partial charge in [0.2, 0.25) is 10.0 Å². The van der Waals surface area contributed by atoms with Crippen LogP contribution in [0.5, 0.6) is 0 Å². The van der Waals surface area contributed by atoms with Gasteiger partial charge in [-0.05, 0) is 48.8 Å². The number of anilines is 1. The van der Waals surface area contributed by atoms with Crippen LogP contribution in [0.1, 0.15) is 44.4 Å². The van der Waals surface area contributed by atoms with E-state index in [0.29, 0.717) is 28.6 Å². The molecule has 1 aromatic carbocycles. The van der Waals surface area contributed by atoms with Crippen LogP contribution in [0.3, 0.4) is 0 Å². The Morgan fingerprint density at radius 3 is 2.19 bits per heavy atom. The van der Waals surface area contributed by atoms with Crippen LogP contribution in [0.4, 0.5) is 5.69 Å². The molecule has 120 valence electrons. The molecule has 0 unspecified atom stereocenters. The van der Waals surface area contributed by atoms with Crippen LogP contribution < -0.4 is 10.5 Å². The van der Waals surface area contributed by atoms with Crippen LogP contribution in [-0.4, -0.2) is 15.0 Å². The molecule has 0 saturated heterocycles. The maximum absolute atomic E-state index is 12.6. The van der Waals surface area contributed by atoms with Gasteiger partial charge in [-0.3, -0.25) is 0 Å². The Balaban J connectivity index is 3.19. The summed E-state index contributed by atoms with van der Waals surface area (Å²) in [7, 11) is -3.56. The van der Waals surface area contributed by atoms with Gasteiger partial charge in [0.25, 0.3) is 0 Å². The monoisotopic (exact) mass is 312 g/mol. The Morgan fingerprint density at radius 2 is 1.71 bits per heavy atom. The maximum Gasteiger partial charge on any atom is 0.241 e. The largest absolute Gasteiger partial charge is 0.398 e. The number of rotatable bonds is 5. The average molecular weight is 312 g/mol. The van der Waals surface area contributed by atoms with Gasteiger partial charge in [-0.15, -0.1) is 0 Å². The van der Waals surface area contributed by atoms with Gasteiger partial charge in [0.1, 0.15) is 0 Å². The summed E-state index contributed by atoms with van der Waals surface area (Å²) in [6.45, 7) is 14.2. The molecule has 0 fully saturated rings. The van der Waals surface area contributed by atoms with Gasteiger partial charge < -0.3 is 5.73 Å². The van der Waals surface area contributed by atoms with Crippen molar-refractivity contribution >= 4 is 15.7 Å². The number of hydrogen-bond acceptors (Lipinski definition) is 3. The van der Waals surface area contributed by atoms with Crippen LogP contribution in [0.15, 0.2) is 11.0 Å². The first-order chi connectivity index (χ1) is 9.40. The molecular formula is C16H28N2O2S. The Kier molecular flexibility index (Phi) is 5.11. The van der Waals surface area contributed by atoms with Crippen LogP contribution in [0.25, 0.3) is 0 Å². The van der Waals surface area contributed by atoms with Crippen molar-refractivity contribution in [2.45, 2.75) is 53.4 Å². The van der Waals surface area contributed by atoms with Crippen molar-refractivity contribution in [2.75, 3.05) is 12.3 Å². The van der Waals surface area contributed by atoms with Crippen molar-refractivity contribution in [1.82, 2.24) is 4.72 Å². The van der Waals surface area contributed by atoms with Crippen LogP contribution in [-0.2, 0) is 10.0 Å². The summed E-state index contributed by atoms with van der Waals surface area (Å²) < 4.78 is 28.0. The fraction of sp³-hybridized carbons (Fsp3) is 0.625. The van der Waals surface area contributed by atoms with Crippen molar-refractivity contribution < 1.29 is 8.42 Å². The summed E-state index contributed by atoms with van der Waals surface area (Å²) in [5.74, 6) is 0.380. The molecule has 0 aromatic heterocycles. The van der Waals surface area contributed by atoms with Crippen LogP contribution in [0.2, 0.25) is 0 Å². The van der Waals surface area contributed by atoms with E-state index in [-0.39, 0.29) is 5.41 Å². The lowest BCUT2D eigenvalue weighted by Gasteiger charge is -2.29. The third-order valence-electron chi connectivity index (χ3n) is 4.51. The van der Waals surface area contributed by atoms with Crippen LogP contribution >= 0.6 is 0 Å². The number of sulfonamides is 1. The minimum Gasteiger partial charge on any atom is -0.398 e. The molecule has 0 radical (unpaired) electrons. The van der Waals surface area contributed by atoms with Gasteiger partial charge in [0.05, 0.1) is 4.90 Å². The highest BCUT2D eigenvalue weighted by Gasteiger charge is 2.27. The minimum atomic E-state index is -3.56. The SMILES string of the molecule is Cc1cc(C)c(S(=O)(=O)NCC(C)(C)C(C)C)c(C)c1N. The van der Waals surface area contributed by atoms with Crippen molar-refractivity contribution in [3.05, 3.63) is 22.8 Å². The van der Waals surface area contributed by atoms with Crippen molar-refractivity contribution in [2.24, 2.45) is 11.3 Å². The fourth-order valence-corrected chi connectivity index (χ4v) is 3.85. The molecule has 5 heteroatoms. The normalized spacial score (nSPS) is 13.0. The summed E-state index contributed by atoms with van der Waals surface area (Å²) in [5, 5.41) is 0. The Labute approximate surface area is 129 Å². The van der Waals surface area contributed by atoms with Gasteiger partial charge >= 0.3 is 0 Å². The zero-order valence-electron chi connectivity index (χ0n) is 14.2. The predicted octanol–water partition coefficient (Wildman–Crippen LogP) is 3.15. The number of aryl methyl sites for hydroxylation is 2. The van der Waals surface area contributed by atoms with E-state index in [0.717, 1.165) is 11.1 Å². The second-order valence-electron chi connectivity index (χ2n) is 6.85. The predicted molar refractivity (Wildman–Crippen MR) is 88.9 cm³/mol. The topological polar surface area (TPSA) is 72.2 Å². The zero-order valence-corrected chi connectivity index (χ0v) is 15.0. The van der Waals surface area contributed by atoms with Crippen LogP contribution in [0, 0.1) is 32.1 Å². The lowest BCUT2D eigenvalue weighted by atomic mass is 9.81. The van der Waals surface area contributed by atoms with E-state index in [1.54, 1.807) is 6.92 Å². The smallest absolute Gasteiger partial charge is 0.241 e. The number of hydrogen-bond donors (Lipinski definition) is 2. The van der Waals surface area contributed by atoms with E-state index in [4.69, 9.17) is 5.73 Å². The first-order valence-corrected chi connectivity index (χ1v) is 8.74. The molecule has 0 saturated carbocycles. The van der Waals surface area contributed by atoms with Crippen molar-refractivity contribution in [3.8, 4) is 0 Å². The van der Waals surface area contributed by atoms with Crippen molar-refractivity contribution in [1.29, 1.82) is 0 Å². The average Bonchev–Trinajstić information content (AvgIpc) is 2.33. The van der Waals surface area contributed by atoms with Gasteiger partial charge in [-0.1, -0.05) is 33.8 Å². The summed E-state index contributed by atoms with van der Waals surface area (Å²) in [4.78, 5) is 0.310. The summed E-state index contributed by atoms with van der Waals surface area (Å²) >= 11 is 0. The molecule has 4 nitrogen and oxygen atoms in total. The highest BCUT2D eigenvalue weighted by molar-refractivity contribution is 7.89. The molecule has 21 heavy (non-hydrogen) atoms. The lowest BCUT2D eigenvalue weighted by molar-refractivity contribution is 0.252. The second kappa shape index (κ2) is 5.97. The number of nitrogens with two attached hydrogens (primary N) is 1. The van der Waals surface area contributed by atoms with Gasteiger partial charge in [0.15, 0.2) is 0 Å². The van der Waals surface area contributed by atoms with E-state index in [9.17, 15) is 8.42 Å². The molecule has 1 rings (SSSR count). The maximum atomic E-state index is 12.6. The van der Waals surface area contributed by atoms with E-state index >= 15 is 0 Å². The number of nitrogens with one attached hydrogen (secondary N) is 1. The number of nitrogen functional groups attached to an aromatic ring is 1. The van der Waals surface area contributed by atoms with E-state index in [1.165, 1.54) is 0 Å². The molecule has 3 N–H and O–H groups in total. The van der Waals surface area contributed by atoms with Crippen molar-refractivity contribution in [3.63, 3.8) is 0 Å². The standard InChI is InChI=1S/C16H28N2O2S/c1-10(2)16(6,7)9-18-21(19,20)15-12(4)8-11(3)14(17)13(15)5/h8,10,18H,9,17H2,1-7H3. The molecule has 0 spiro atoms. The third kappa shape index (κ3) is 3.77. The molecule has 0 aliphatic heterocycles. The molecule has 0 amide bonds.